The molecule has 1 aromatic rings. The van der Waals surface area contributed by atoms with Gasteiger partial charge in [0, 0.05) is 25.0 Å². The average molecular weight is 337 g/mol. The van der Waals surface area contributed by atoms with Crippen molar-refractivity contribution >= 4 is 21.7 Å². The number of hydrogen-bond donors (Lipinski definition) is 2. The average Bonchev–Trinajstić information content (AvgIpc) is 3.27. The summed E-state index contributed by atoms with van der Waals surface area (Å²) in [7, 11) is -3.05. The molecule has 8 heteroatoms. The van der Waals surface area contributed by atoms with Gasteiger partial charge in [-0.2, -0.15) is 0 Å². The van der Waals surface area contributed by atoms with Gasteiger partial charge in [-0.25, -0.2) is 8.42 Å². The highest BCUT2D eigenvalue weighted by molar-refractivity contribution is 7.91. The monoisotopic (exact) mass is 337 g/mol. The molecule has 0 spiro atoms. The summed E-state index contributed by atoms with van der Waals surface area (Å²) >= 11 is 0. The van der Waals surface area contributed by atoms with Crippen LogP contribution in [0.2, 0.25) is 0 Å². The van der Waals surface area contributed by atoms with Crippen LogP contribution in [0.15, 0.2) is 24.5 Å². The molecule has 1 saturated carbocycles. The minimum absolute atomic E-state index is 0.0343. The van der Waals surface area contributed by atoms with E-state index in [2.05, 4.69) is 15.6 Å². The first-order chi connectivity index (χ1) is 10.9. The van der Waals surface area contributed by atoms with E-state index in [9.17, 15) is 18.0 Å². The molecule has 2 fully saturated rings. The van der Waals surface area contributed by atoms with Crippen molar-refractivity contribution < 1.29 is 18.0 Å². The van der Waals surface area contributed by atoms with Gasteiger partial charge in [0.2, 0.25) is 11.8 Å². The van der Waals surface area contributed by atoms with Crippen molar-refractivity contribution in [2.75, 3.05) is 11.5 Å². The Morgan fingerprint density at radius 2 is 1.91 bits per heavy atom. The Bertz CT molecular complexity index is 713. The number of carbonyl (C=O) groups is 2. The summed E-state index contributed by atoms with van der Waals surface area (Å²) < 4.78 is 22.9. The lowest BCUT2D eigenvalue weighted by molar-refractivity contribution is -0.137. The van der Waals surface area contributed by atoms with Crippen LogP contribution in [0.1, 0.15) is 24.8 Å². The van der Waals surface area contributed by atoms with Gasteiger partial charge in [0.15, 0.2) is 9.84 Å². The lowest BCUT2D eigenvalue weighted by Crippen LogP contribution is -2.46. The zero-order chi connectivity index (χ0) is 16.5. The molecule has 23 heavy (non-hydrogen) atoms. The summed E-state index contributed by atoms with van der Waals surface area (Å²) in [6, 6.07) is 3.21. The molecule has 2 amide bonds. The van der Waals surface area contributed by atoms with Gasteiger partial charge in [-0.05, 0) is 37.0 Å². The number of amides is 2. The molecule has 0 bridgehead atoms. The van der Waals surface area contributed by atoms with E-state index in [0.29, 0.717) is 25.8 Å². The summed E-state index contributed by atoms with van der Waals surface area (Å²) in [6.45, 7) is 0.341. The number of nitrogens with zero attached hydrogens (tertiary/aromatic N) is 1. The first-order valence-corrected chi connectivity index (χ1v) is 9.42. The number of carbonyl (C=O) groups excluding carboxylic acids is 2. The third-order valence-electron chi connectivity index (χ3n) is 4.39. The van der Waals surface area contributed by atoms with Gasteiger partial charge in [0.05, 0.1) is 11.5 Å². The number of pyridine rings is 1. The summed E-state index contributed by atoms with van der Waals surface area (Å²) in [5, 5.41) is 5.51. The highest BCUT2D eigenvalue weighted by atomic mass is 32.2. The molecule has 1 unspecified atom stereocenters. The smallest absolute Gasteiger partial charge is 0.235 e. The second kappa shape index (κ2) is 5.92. The zero-order valence-corrected chi connectivity index (χ0v) is 13.4. The first kappa shape index (κ1) is 15.9. The largest absolute Gasteiger partial charge is 0.351 e. The fourth-order valence-corrected chi connectivity index (χ4v) is 4.44. The molecule has 1 aliphatic heterocycles. The standard InChI is InChI=1S/C15H19N3O4S/c19-13(17-9-11-1-6-16-7-2-11)15(4-5-15)14(20)18-12-3-8-23(21,22)10-12/h1-2,6-7,12H,3-5,8-10H2,(H,17,19)(H,18,20). The van der Waals surface area contributed by atoms with Gasteiger partial charge >= 0.3 is 0 Å². The van der Waals surface area contributed by atoms with E-state index < -0.39 is 15.3 Å². The second-order valence-electron chi connectivity index (χ2n) is 6.19. The van der Waals surface area contributed by atoms with E-state index in [-0.39, 0.29) is 29.4 Å². The molecule has 1 saturated heterocycles. The molecule has 2 N–H and O–H groups in total. The van der Waals surface area contributed by atoms with Gasteiger partial charge in [-0.3, -0.25) is 14.6 Å². The fourth-order valence-electron chi connectivity index (χ4n) is 2.77. The van der Waals surface area contributed by atoms with Gasteiger partial charge in [-0.15, -0.1) is 0 Å². The Labute approximate surface area is 134 Å². The van der Waals surface area contributed by atoms with Crippen LogP contribution in [0, 0.1) is 5.41 Å². The van der Waals surface area contributed by atoms with Crippen molar-refractivity contribution in [2.24, 2.45) is 5.41 Å². The third kappa shape index (κ3) is 3.52. The minimum atomic E-state index is -3.05. The fraction of sp³-hybridized carbons (Fsp3) is 0.533. The molecule has 1 aromatic heterocycles. The Morgan fingerprint density at radius 1 is 1.22 bits per heavy atom. The SMILES string of the molecule is O=C(NCc1ccncc1)C1(C(=O)NC2CCS(=O)(=O)C2)CC1. The molecular formula is C15H19N3O4S. The molecule has 1 aliphatic carbocycles. The molecule has 2 heterocycles. The van der Waals surface area contributed by atoms with E-state index in [1.807, 2.05) is 0 Å². The van der Waals surface area contributed by atoms with Crippen molar-refractivity contribution in [1.29, 1.82) is 0 Å². The van der Waals surface area contributed by atoms with E-state index in [1.54, 1.807) is 24.5 Å². The number of aromatic nitrogens is 1. The van der Waals surface area contributed by atoms with Crippen LogP contribution in [0.4, 0.5) is 0 Å². The quantitative estimate of drug-likeness (QED) is 0.723. The highest BCUT2D eigenvalue weighted by Gasteiger charge is 2.56. The van der Waals surface area contributed by atoms with Crippen LogP contribution in [0.25, 0.3) is 0 Å². The van der Waals surface area contributed by atoms with Crippen LogP contribution < -0.4 is 10.6 Å². The molecule has 7 nitrogen and oxygen atoms in total. The number of sulfone groups is 1. The van der Waals surface area contributed by atoms with E-state index in [0.717, 1.165) is 5.56 Å². The minimum Gasteiger partial charge on any atom is -0.351 e. The van der Waals surface area contributed by atoms with E-state index in [1.165, 1.54) is 0 Å². The highest BCUT2D eigenvalue weighted by Crippen LogP contribution is 2.46. The molecule has 0 aromatic carbocycles. The Kier molecular flexibility index (Phi) is 4.09. The summed E-state index contributed by atoms with van der Waals surface area (Å²) in [5.74, 6) is -0.591. The van der Waals surface area contributed by atoms with Crippen molar-refractivity contribution in [3.63, 3.8) is 0 Å². The second-order valence-corrected chi connectivity index (χ2v) is 8.42. The summed E-state index contributed by atoms with van der Waals surface area (Å²) in [5.41, 5.74) is -0.120. The van der Waals surface area contributed by atoms with E-state index >= 15 is 0 Å². The predicted octanol–water partition coefficient (Wildman–Crippen LogP) is -0.219. The zero-order valence-electron chi connectivity index (χ0n) is 12.6. The van der Waals surface area contributed by atoms with Gasteiger partial charge < -0.3 is 10.6 Å². The summed E-state index contributed by atoms with van der Waals surface area (Å²) in [6.07, 6.45) is 4.70. The molecule has 1 atom stereocenters. The maximum Gasteiger partial charge on any atom is 0.235 e. The Morgan fingerprint density at radius 3 is 2.48 bits per heavy atom. The van der Waals surface area contributed by atoms with Crippen LogP contribution in [-0.2, 0) is 26.0 Å². The molecule has 2 aliphatic rings. The normalized spacial score (nSPS) is 23.9. The van der Waals surface area contributed by atoms with Crippen molar-refractivity contribution in [2.45, 2.75) is 31.8 Å². The van der Waals surface area contributed by atoms with Gasteiger partial charge in [-0.1, -0.05) is 0 Å². The Balaban J connectivity index is 1.56. The third-order valence-corrected chi connectivity index (χ3v) is 6.16. The van der Waals surface area contributed by atoms with Gasteiger partial charge in [0.1, 0.15) is 5.41 Å². The lowest BCUT2D eigenvalue weighted by atomic mass is 10.0. The maximum absolute atomic E-state index is 12.4. The number of rotatable bonds is 5. The van der Waals surface area contributed by atoms with Gasteiger partial charge in [0.25, 0.3) is 0 Å². The van der Waals surface area contributed by atoms with Crippen molar-refractivity contribution in [3.05, 3.63) is 30.1 Å². The van der Waals surface area contributed by atoms with Crippen LogP contribution in [-0.4, -0.2) is 42.8 Å². The topological polar surface area (TPSA) is 105 Å². The molecule has 0 radical (unpaired) electrons. The number of nitrogens with one attached hydrogen (secondary N) is 2. The lowest BCUT2D eigenvalue weighted by Gasteiger charge is -2.18. The van der Waals surface area contributed by atoms with Crippen molar-refractivity contribution in [1.82, 2.24) is 15.6 Å². The Hall–Kier alpha value is -1.96. The van der Waals surface area contributed by atoms with Crippen LogP contribution in [0.3, 0.4) is 0 Å². The number of hydrogen-bond acceptors (Lipinski definition) is 5. The summed E-state index contributed by atoms with van der Waals surface area (Å²) in [4.78, 5) is 28.6. The molecule has 3 rings (SSSR count). The molecular weight excluding hydrogens is 318 g/mol. The first-order valence-electron chi connectivity index (χ1n) is 7.60. The maximum atomic E-state index is 12.4. The molecule has 124 valence electrons. The predicted molar refractivity (Wildman–Crippen MR) is 83.0 cm³/mol. The van der Waals surface area contributed by atoms with Crippen molar-refractivity contribution in [3.8, 4) is 0 Å². The van der Waals surface area contributed by atoms with E-state index in [4.69, 9.17) is 0 Å². The van der Waals surface area contributed by atoms with Crippen LogP contribution in [0.5, 0.6) is 0 Å². The van der Waals surface area contributed by atoms with Crippen LogP contribution >= 0.6 is 0 Å².